The van der Waals surface area contributed by atoms with Crippen molar-refractivity contribution in [2.45, 2.75) is 40.7 Å². The molecular weight excluding hydrogens is 232 g/mol. The van der Waals surface area contributed by atoms with E-state index in [-0.39, 0.29) is 18.6 Å². The number of carbonyl (C=O) groups excluding carboxylic acids is 1. The number of hydrogen-bond donors (Lipinski definition) is 1. The van der Waals surface area contributed by atoms with E-state index in [0.717, 1.165) is 0 Å². The van der Waals surface area contributed by atoms with Crippen molar-refractivity contribution in [3.8, 4) is 0 Å². The molecular formula is C13H26N2O3. The van der Waals surface area contributed by atoms with Gasteiger partial charge in [0.15, 0.2) is 0 Å². The van der Waals surface area contributed by atoms with Crippen molar-refractivity contribution < 1.29 is 14.7 Å². The number of nitrogens with zero attached hydrogens (tertiary/aromatic N) is 2. The second kappa shape index (κ2) is 7.24. The van der Waals surface area contributed by atoms with E-state index in [9.17, 15) is 9.59 Å². The molecule has 0 fully saturated rings. The Bertz CT molecular complexity index is 292. The normalized spacial score (nSPS) is 14.2. The summed E-state index contributed by atoms with van der Waals surface area (Å²) in [7, 11) is 1.76. The van der Waals surface area contributed by atoms with E-state index in [4.69, 9.17) is 5.11 Å². The molecule has 0 saturated carbocycles. The van der Waals surface area contributed by atoms with Gasteiger partial charge >= 0.3 is 12.0 Å². The Kier molecular flexibility index (Phi) is 6.73. The van der Waals surface area contributed by atoms with Crippen molar-refractivity contribution in [2.75, 3.05) is 20.1 Å². The van der Waals surface area contributed by atoms with E-state index in [1.807, 2.05) is 13.8 Å². The molecule has 0 rings (SSSR count). The molecule has 5 heteroatoms. The Labute approximate surface area is 110 Å². The molecule has 0 heterocycles. The number of aliphatic carboxylic acids is 1. The van der Waals surface area contributed by atoms with Gasteiger partial charge in [0.2, 0.25) is 0 Å². The highest BCUT2D eigenvalue weighted by atomic mass is 16.4. The van der Waals surface area contributed by atoms with Crippen LogP contribution in [0.3, 0.4) is 0 Å². The molecule has 2 atom stereocenters. The summed E-state index contributed by atoms with van der Waals surface area (Å²) in [5.41, 5.74) is 0. The first-order chi connectivity index (χ1) is 8.22. The lowest BCUT2D eigenvalue weighted by atomic mass is 10.1. The van der Waals surface area contributed by atoms with Crippen LogP contribution in [0.15, 0.2) is 0 Å². The Balaban J connectivity index is 4.66. The summed E-state index contributed by atoms with van der Waals surface area (Å²) in [5, 5.41) is 8.89. The minimum absolute atomic E-state index is 0.105. The predicted molar refractivity (Wildman–Crippen MR) is 71.5 cm³/mol. The van der Waals surface area contributed by atoms with Crippen molar-refractivity contribution in [2.24, 2.45) is 11.8 Å². The number of carboxylic acid groups (broad SMARTS) is 1. The molecule has 0 bridgehead atoms. The van der Waals surface area contributed by atoms with Gasteiger partial charge in [-0.25, -0.2) is 4.79 Å². The lowest BCUT2D eigenvalue weighted by Crippen LogP contribution is -2.48. The van der Waals surface area contributed by atoms with E-state index >= 15 is 0 Å². The quantitative estimate of drug-likeness (QED) is 0.794. The van der Waals surface area contributed by atoms with Gasteiger partial charge in [-0.3, -0.25) is 4.79 Å². The lowest BCUT2D eigenvalue weighted by Gasteiger charge is -2.33. The number of rotatable bonds is 6. The lowest BCUT2D eigenvalue weighted by molar-refractivity contribution is -0.141. The maximum atomic E-state index is 12.2. The number of amides is 2. The van der Waals surface area contributed by atoms with Crippen LogP contribution >= 0.6 is 0 Å². The minimum atomic E-state index is -0.874. The van der Waals surface area contributed by atoms with Crippen LogP contribution in [0, 0.1) is 11.8 Å². The van der Waals surface area contributed by atoms with E-state index < -0.39 is 11.9 Å². The van der Waals surface area contributed by atoms with Crippen molar-refractivity contribution in [3.05, 3.63) is 0 Å². The highest BCUT2D eigenvalue weighted by molar-refractivity contribution is 5.76. The van der Waals surface area contributed by atoms with Crippen molar-refractivity contribution in [1.29, 1.82) is 0 Å². The summed E-state index contributed by atoms with van der Waals surface area (Å²) in [6.07, 6.45) is 0. The van der Waals surface area contributed by atoms with E-state index in [1.165, 1.54) is 0 Å². The average Bonchev–Trinajstić information content (AvgIpc) is 2.32. The van der Waals surface area contributed by atoms with Crippen LogP contribution in [-0.2, 0) is 4.79 Å². The Morgan fingerprint density at radius 3 is 2.00 bits per heavy atom. The number of urea groups is 1. The van der Waals surface area contributed by atoms with Gasteiger partial charge in [0.1, 0.15) is 0 Å². The fraction of sp³-hybridized carbons (Fsp3) is 0.846. The molecule has 0 radical (unpaired) electrons. The van der Waals surface area contributed by atoms with Crippen molar-refractivity contribution in [3.63, 3.8) is 0 Å². The molecule has 0 aliphatic carbocycles. The molecule has 0 aliphatic rings. The van der Waals surface area contributed by atoms with E-state index in [2.05, 4.69) is 13.8 Å². The van der Waals surface area contributed by atoms with Gasteiger partial charge in [-0.1, -0.05) is 20.8 Å². The molecule has 0 spiro atoms. The van der Waals surface area contributed by atoms with Crippen LogP contribution in [0.25, 0.3) is 0 Å². The van der Waals surface area contributed by atoms with Crippen LogP contribution in [0.1, 0.15) is 34.6 Å². The van der Waals surface area contributed by atoms with Gasteiger partial charge in [-0.15, -0.1) is 0 Å². The largest absolute Gasteiger partial charge is 0.481 e. The van der Waals surface area contributed by atoms with Gasteiger partial charge < -0.3 is 14.9 Å². The Morgan fingerprint density at radius 1 is 1.17 bits per heavy atom. The third-order valence-electron chi connectivity index (χ3n) is 3.45. The summed E-state index contributed by atoms with van der Waals surface area (Å²) in [4.78, 5) is 26.3. The van der Waals surface area contributed by atoms with E-state index in [1.54, 1.807) is 23.8 Å². The fourth-order valence-corrected chi connectivity index (χ4v) is 1.60. The van der Waals surface area contributed by atoms with Crippen LogP contribution in [0.5, 0.6) is 0 Å². The van der Waals surface area contributed by atoms with Crippen molar-refractivity contribution in [1.82, 2.24) is 9.80 Å². The van der Waals surface area contributed by atoms with Gasteiger partial charge in [0.05, 0.1) is 5.92 Å². The summed E-state index contributed by atoms with van der Waals surface area (Å²) in [6, 6.07) is 0.0264. The third-order valence-corrected chi connectivity index (χ3v) is 3.45. The maximum Gasteiger partial charge on any atom is 0.320 e. The van der Waals surface area contributed by atoms with Gasteiger partial charge in [-0.05, 0) is 19.8 Å². The first kappa shape index (κ1) is 16.7. The monoisotopic (exact) mass is 258 g/mol. The minimum Gasteiger partial charge on any atom is -0.481 e. The molecule has 106 valence electrons. The SMILES string of the molecule is CCN(CC(C)C(=O)O)C(=O)N(C)C(C)C(C)C. The molecule has 0 saturated heterocycles. The smallest absolute Gasteiger partial charge is 0.320 e. The highest BCUT2D eigenvalue weighted by Gasteiger charge is 2.25. The van der Waals surface area contributed by atoms with E-state index in [0.29, 0.717) is 12.5 Å². The second-order valence-electron chi connectivity index (χ2n) is 5.16. The first-order valence-electron chi connectivity index (χ1n) is 6.46. The molecule has 2 amide bonds. The molecule has 2 unspecified atom stereocenters. The van der Waals surface area contributed by atoms with Crippen LogP contribution in [0.2, 0.25) is 0 Å². The van der Waals surface area contributed by atoms with Gasteiger partial charge in [0.25, 0.3) is 0 Å². The fourth-order valence-electron chi connectivity index (χ4n) is 1.60. The predicted octanol–water partition coefficient (Wildman–Crippen LogP) is 2.13. The molecule has 0 aromatic carbocycles. The first-order valence-corrected chi connectivity index (χ1v) is 6.46. The zero-order valence-corrected chi connectivity index (χ0v) is 12.3. The standard InChI is InChI=1S/C13H26N2O3/c1-7-15(8-10(4)12(16)17)13(18)14(6)11(5)9(2)3/h9-11H,7-8H2,1-6H3,(H,16,17). The molecule has 0 aromatic heterocycles. The maximum absolute atomic E-state index is 12.2. The Morgan fingerprint density at radius 2 is 1.67 bits per heavy atom. The molecule has 5 nitrogen and oxygen atoms in total. The van der Waals surface area contributed by atoms with Crippen LogP contribution < -0.4 is 0 Å². The highest BCUT2D eigenvalue weighted by Crippen LogP contribution is 2.12. The number of carbonyl (C=O) groups is 2. The van der Waals surface area contributed by atoms with Crippen LogP contribution in [-0.4, -0.2) is 53.1 Å². The third kappa shape index (κ3) is 4.55. The zero-order chi connectivity index (χ0) is 14.5. The molecule has 0 aromatic rings. The number of hydrogen-bond acceptors (Lipinski definition) is 2. The van der Waals surface area contributed by atoms with Gasteiger partial charge in [0, 0.05) is 26.2 Å². The summed E-state index contributed by atoms with van der Waals surface area (Å²) in [6.45, 7) is 10.4. The Hall–Kier alpha value is -1.26. The average molecular weight is 258 g/mol. The zero-order valence-electron chi connectivity index (χ0n) is 12.3. The summed E-state index contributed by atoms with van der Waals surface area (Å²) < 4.78 is 0. The molecule has 18 heavy (non-hydrogen) atoms. The molecule has 0 aliphatic heterocycles. The van der Waals surface area contributed by atoms with Gasteiger partial charge in [-0.2, -0.15) is 0 Å². The topological polar surface area (TPSA) is 60.9 Å². The van der Waals surface area contributed by atoms with Crippen molar-refractivity contribution >= 4 is 12.0 Å². The molecule has 1 N–H and O–H groups in total. The van der Waals surface area contributed by atoms with Crippen LogP contribution in [0.4, 0.5) is 4.79 Å². The summed E-state index contributed by atoms with van der Waals surface area (Å²) in [5.74, 6) is -1.05. The summed E-state index contributed by atoms with van der Waals surface area (Å²) >= 11 is 0. The second-order valence-corrected chi connectivity index (χ2v) is 5.16. The number of carboxylic acids is 1.